The maximum Gasteiger partial charge on any atom is 0.119 e. The highest BCUT2D eigenvalue weighted by Crippen LogP contribution is 2.08. The summed E-state index contributed by atoms with van der Waals surface area (Å²) in [4.78, 5) is 8.00. The van der Waals surface area contributed by atoms with Gasteiger partial charge in [0.1, 0.15) is 12.5 Å². The standard InChI is InChI=1S/C11H16O.CH2O/c1-2-3-7-10-12-11-8-5-4-6-9-11;1-2/h4-6,8-9H,2-3,7,10H2,1H3;1H2. The van der Waals surface area contributed by atoms with Crippen molar-refractivity contribution < 1.29 is 9.53 Å². The molecule has 1 aromatic rings. The van der Waals surface area contributed by atoms with E-state index in [4.69, 9.17) is 9.53 Å². The molecule has 0 aliphatic carbocycles. The van der Waals surface area contributed by atoms with Crippen LogP contribution in [0.25, 0.3) is 0 Å². The Kier molecular flexibility index (Phi) is 8.86. The van der Waals surface area contributed by atoms with Crippen LogP contribution in [0.3, 0.4) is 0 Å². The quantitative estimate of drug-likeness (QED) is 0.673. The van der Waals surface area contributed by atoms with Gasteiger partial charge >= 0.3 is 0 Å². The van der Waals surface area contributed by atoms with Crippen LogP contribution >= 0.6 is 0 Å². The Bertz CT molecular complexity index is 209. The number of unbranched alkanes of at least 4 members (excludes halogenated alkanes) is 2. The Hall–Kier alpha value is -1.31. The van der Waals surface area contributed by atoms with Crippen molar-refractivity contribution in [1.29, 1.82) is 0 Å². The molecular weight excluding hydrogens is 176 g/mol. The minimum atomic E-state index is 0.845. The van der Waals surface area contributed by atoms with Crippen molar-refractivity contribution >= 4 is 6.79 Å². The summed E-state index contributed by atoms with van der Waals surface area (Å²) in [6.07, 6.45) is 3.66. The molecule has 1 aromatic carbocycles. The molecule has 0 saturated carbocycles. The number of carbonyl (C=O) groups is 1. The summed E-state index contributed by atoms with van der Waals surface area (Å²) in [5, 5.41) is 0. The second kappa shape index (κ2) is 9.78. The minimum absolute atomic E-state index is 0.845. The second-order valence-electron chi connectivity index (χ2n) is 2.87. The van der Waals surface area contributed by atoms with E-state index in [9.17, 15) is 0 Å². The number of para-hydroxylation sites is 1. The zero-order valence-corrected chi connectivity index (χ0v) is 8.74. The molecule has 0 amide bonds. The first-order valence-electron chi connectivity index (χ1n) is 4.90. The third kappa shape index (κ3) is 6.23. The van der Waals surface area contributed by atoms with Gasteiger partial charge in [-0.25, -0.2) is 0 Å². The summed E-state index contributed by atoms with van der Waals surface area (Å²) >= 11 is 0. The Balaban J connectivity index is 0.000000791. The Morgan fingerprint density at radius 2 is 1.79 bits per heavy atom. The van der Waals surface area contributed by atoms with E-state index in [1.807, 2.05) is 37.1 Å². The molecule has 2 heteroatoms. The lowest BCUT2D eigenvalue weighted by Crippen LogP contribution is -1.96. The van der Waals surface area contributed by atoms with Crippen molar-refractivity contribution in [3.63, 3.8) is 0 Å². The summed E-state index contributed by atoms with van der Waals surface area (Å²) in [6.45, 7) is 5.04. The zero-order valence-electron chi connectivity index (χ0n) is 8.74. The number of carbonyl (C=O) groups excluding carboxylic acids is 1. The van der Waals surface area contributed by atoms with Crippen molar-refractivity contribution in [1.82, 2.24) is 0 Å². The van der Waals surface area contributed by atoms with Gasteiger partial charge in [-0.15, -0.1) is 0 Å². The molecule has 78 valence electrons. The molecule has 0 unspecified atom stereocenters. The first-order valence-corrected chi connectivity index (χ1v) is 4.90. The lowest BCUT2D eigenvalue weighted by molar-refractivity contribution is -0.0979. The SMILES string of the molecule is C=O.CCCCCOc1ccccc1. The molecule has 0 spiro atoms. The first kappa shape index (κ1) is 12.7. The Morgan fingerprint density at radius 3 is 2.36 bits per heavy atom. The molecular formula is C12H18O2. The Morgan fingerprint density at radius 1 is 1.14 bits per heavy atom. The summed E-state index contributed by atoms with van der Waals surface area (Å²) in [6, 6.07) is 9.97. The third-order valence-corrected chi connectivity index (χ3v) is 1.76. The van der Waals surface area contributed by atoms with Crippen molar-refractivity contribution in [2.75, 3.05) is 6.61 Å². The van der Waals surface area contributed by atoms with Crippen LogP contribution < -0.4 is 4.74 Å². The van der Waals surface area contributed by atoms with Gasteiger partial charge in [-0.1, -0.05) is 38.0 Å². The molecule has 0 aliphatic heterocycles. The summed E-state index contributed by atoms with van der Waals surface area (Å²) in [7, 11) is 0. The lowest BCUT2D eigenvalue weighted by Gasteiger charge is -2.04. The second-order valence-corrected chi connectivity index (χ2v) is 2.87. The van der Waals surface area contributed by atoms with E-state index in [1.165, 1.54) is 12.8 Å². The normalized spacial score (nSPS) is 8.64. The van der Waals surface area contributed by atoms with Gasteiger partial charge in [0.2, 0.25) is 0 Å². The molecule has 0 aliphatic rings. The van der Waals surface area contributed by atoms with Crippen LogP contribution in [0.15, 0.2) is 30.3 Å². The van der Waals surface area contributed by atoms with E-state index in [1.54, 1.807) is 0 Å². The number of benzene rings is 1. The van der Waals surface area contributed by atoms with E-state index in [0.29, 0.717) is 0 Å². The van der Waals surface area contributed by atoms with Crippen LogP contribution in [0.1, 0.15) is 26.2 Å². The molecule has 0 N–H and O–H groups in total. The van der Waals surface area contributed by atoms with E-state index in [-0.39, 0.29) is 0 Å². The summed E-state index contributed by atoms with van der Waals surface area (Å²) in [5.74, 6) is 0.980. The molecule has 0 bridgehead atoms. The predicted molar refractivity (Wildman–Crippen MR) is 58.6 cm³/mol. The number of hydrogen-bond donors (Lipinski definition) is 0. The van der Waals surface area contributed by atoms with E-state index in [0.717, 1.165) is 18.8 Å². The maximum absolute atomic E-state index is 8.00. The lowest BCUT2D eigenvalue weighted by atomic mass is 10.3. The molecule has 14 heavy (non-hydrogen) atoms. The van der Waals surface area contributed by atoms with Crippen molar-refractivity contribution in [2.45, 2.75) is 26.2 Å². The van der Waals surface area contributed by atoms with Crippen molar-refractivity contribution in [3.8, 4) is 5.75 Å². The van der Waals surface area contributed by atoms with E-state index < -0.39 is 0 Å². The van der Waals surface area contributed by atoms with Gasteiger partial charge in [-0.3, -0.25) is 0 Å². The molecule has 0 saturated heterocycles. The van der Waals surface area contributed by atoms with Gasteiger partial charge in [0.05, 0.1) is 6.61 Å². The van der Waals surface area contributed by atoms with Crippen molar-refractivity contribution in [2.24, 2.45) is 0 Å². The van der Waals surface area contributed by atoms with Crippen LogP contribution in [0.2, 0.25) is 0 Å². The smallest absolute Gasteiger partial charge is 0.119 e. The van der Waals surface area contributed by atoms with Crippen molar-refractivity contribution in [3.05, 3.63) is 30.3 Å². The topological polar surface area (TPSA) is 26.3 Å². The zero-order chi connectivity index (χ0) is 10.6. The van der Waals surface area contributed by atoms with Gasteiger partial charge in [0.15, 0.2) is 0 Å². The van der Waals surface area contributed by atoms with Gasteiger partial charge < -0.3 is 9.53 Å². The highest BCUT2D eigenvalue weighted by atomic mass is 16.5. The molecule has 0 aromatic heterocycles. The average Bonchev–Trinajstić information content (AvgIpc) is 2.29. The first-order chi connectivity index (χ1) is 6.93. The fraction of sp³-hybridized carbons (Fsp3) is 0.417. The average molecular weight is 194 g/mol. The fourth-order valence-electron chi connectivity index (χ4n) is 1.06. The molecule has 0 heterocycles. The van der Waals surface area contributed by atoms with Crippen LogP contribution in [0, 0.1) is 0 Å². The number of rotatable bonds is 5. The largest absolute Gasteiger partial charge is 0.494 e. The highest BCUT2D eigenvalue weighted by Gasteiger charge is 1.89. The predicted octanol–water partition coefficient (Wildman–Crippen LogP) is 3.07. The molecule has 0 fully saturated rings. The monoisotopic (exact) mass is 194 g/mol. The third-order valence-electron chi connectivity index (χ3n) is 1.76. The fourth-order valence-corrected chi connectivity index (χ4v) is 1.06. The maximum atomic E-state index is 8.00. The van der Waals surface area contributed by atoms with Crippen LogP contribution in [-0.2, 0) is 4.79 Å². The number of hydrogen-bond acceptors (Lipinski definition) is 2. The summed E-state index contributed by atoms with van der Waals surface area (Å²) in [5.41, 5.74) is 0. The van der Waals surface area contributed by atoms with Gasteiger partial charge in [0.25, 0.3) is 0 Å². The molecule has 2 nitrogen and oxygen atoms in total. The minimum Gasteiger partial charge on any atom is -0.494 e. The highest BCUT2D eigenvalue weighted by molar-refractivity contribution is 5.20. The van der Waals surface area contributed by atoms with Gasteiger partial charge in [-0.05, 0) is 18.6 Å². The molecule has 0 atom stereocenters. The van der Waals surface area contributed by atoms with Gasteiger partial charge in [0, 0.05) is 0 Å². The molecule has 0 radical (unpaired) electrons. The van der Waals surface area contributed by atoms with Crippen LogP contribution in [0.4, 0.5) is 0 Å². The Labute approximate surface area is 85.9 Å². The van der Waals surface area contributed by atoms with Crippen LogP contribution in [-0.4, -0.2) is 13.4 Å². The number of ether oxygens (including phenoxy) is 1. The van der Waals surface area contributed by atoms with E-state index in [2.05, 4.69) is 6.92 Å². The molecule has 1 rings (SSSR count). The van der Waals surface area contributed by atoms with E-state index >= 15 is 0 Å². The van der Waals surface area contributed by atoms with Gasteiger partial charge in [-0.2, -0.15) is 0 Å². The summed E-state index contributed by atoms with van der Waals surface area (Å²) < 4.78 is 5.51. The van der Waals surface area contributed by atoms with Crippen LogP contribution in [0.5, 0.6) is 5.75 Å².